The molecule has 0 spiro atoms. The average Bonchev–Trinajstić information content (AvgIpc) is 2.66. The van der Waals surface area contributed by atoms with E-state index in [9.17, 15) is 13.2 Å². The second-order valence-electron chi connectivity index (χ2n) is 6.29. The second-order valence-corrected chi connectivity index (χ2v) is 8.06. The van der Waals surface area contributed by atoms with Crippen LogP contribution in [0.3, 0.4) is 0 Å². The fourth-order valence-corrected chi connectivity index (χ4v) is 3.73. The molecule has 0 bridgehead atoms. The van der Waals surface area contributed by atoms with Gasteiger partial charge in [0, 0.05) is 18.2 Å². The van der Waals surface area contributed by atoms with Gasteiger partial charge in [0.05, 0.1) is 17.1 Å². The average molecular weight is 383 g/mol. The zero-order chi connectivity index (χ0) is 19.4. The van der Waals surface area contributed by atoms with Crippen LogP contribution in [0.15, 0.2) is 70.4 Å². The predicted octanol–water partition coefficient (Wildman–Crippen LogP) is 2.51. The van der Waals surface area contributed by atoms with Crippen molar-refractivity contribution in [3.63, 3.8) is 0 Å². The minimum atomic E-state index is -3.64. The molecule has 2 aromatic carbocycles. The zero-order valence-corrected chi connectivity index (χ0v) is 16.0. The van der Waals surface area contributed by atoms with E-state index >= 15 is 0 Å². The highest BCUT2D eigenvalue weighted by molar-refractivity contribution is 7.89. The molecule has 6 nitrogen and oxygen atoms in total. The predicted molar refractivity (Wildman–Crippen MR) is 105 cm³/mol. The van der Waals surface area contributed by atoms with E-state index in [0.29, 0.717) is 5.69 Å². The van der Waals surface area contributed by atoms with Crippen molar-refractivity contribution in [2.24, 2.45) is 0 Å². The smallest absolute Gasteiger partial charge is 0.266 e. The molecule has 0 amide bonds. The summed E-state index contributed by atoms with van der Waals surface area (Å²) >= 11 is 0. The van der Waals surface area contributed by atoms with Gasteiger partial charge in [-0.25, -0.2) is 17.8 Å². The van der Waals surface area contributed by atoms with E-state index in [4.69, 9.17) is 0 Å². The van der Waals surface area contributed by atoms with Gasteiger partial charge in [-0.3, -0.25) is 4.79 Å². The minimum absolute atomic E-state index is 0.0698. The molecule has 0 atom stereocenters. The molecule has 1 heterocycles. The van der Waals surface area contributed by atoms with Gasteiger partial charge in [0.15, 0.2) is 0 Å². The topological polar surface area (TPSA) is 81.1 Å². The Bertz CT molecular complexity index is 1110. The number of aromatic nitrogens is 2. The third-order valence-corrected chi connectivity index (χ3v) is 5.80. The second kappa shape index (κ2) is 7.85. The van der Waals surface area contributed by atoms with E-state index in [1.54, 1.807) is 24.3 Å². The molecular weight excluding hydrogens is 362 g/mol. The molecule has 0 unspecified atom stereocenters. The molecule has 0 aliphatic carbocycles. The lowest BCUT2D eigenvalue weighted by atomic mass is 10.1. The summed E-state index contributed by atoms with van der Waals surface area (Å²) in [5.74, 6) is 0. The van der Waals surface area contributed by atoms with Gasteiger partial charge < -0.3 is 0 Å². The lowest BCUT2D eigenvalue weighted by molar-refractivity contribution is 0.548. The van der Waals surface area contributed by atoms with Gasteiger partial charge in [-0.05, 0) is 43.2 Å². The molecule has 140 valence electrons. The third kappa shape index (κ3) is 4.50. The van der Waals surface area contributed by atoms with Crippen molar-refractivity contribution in [2.75, 3.05) is 6.54 Å². The SMILES string of the molecule is Cc1ccc(S(=O)(=O)NCCn2nc(-c3ccccc3)ccc2=O)cc1C. The number of nitrogens with one attached hydrogen (secondary N) is 1. The van der Waals surface area contributed by atoms with Crippen LogP contribution >= 0.6 is 0 Å². The highest BCUT2D eigenvalue weighted by Gasteiger charge is 2.14. The van der Waals surface area contributed by atoms with Crippen molar-refractivity contribution in [1.29, 1.82) is 0 Å². The van der Waals surface area contributed by atoms with Gasteiger partial charge in [-0.1, -0.05) is 36.4 Å². The Morgan fingerprint density at radius 3 is 2.41 bits per heavy atom. The molecule has 3 aromatic rings. The first-order chi connectivity index (χ1) is 12.9. The van der Waals surface area contributed by atoms with Gasteiger partial charge in [-0.15, -0.1) is 0 Å². The number of sulfonamides is 1. The van der Waals surface area contributed by atoms with Gasteiger partial charge in [0.2, 0.25) is 10.0 Å². The summed E-state index contributed by atoms with van der Waals surface area (Å²) in [5, 5.41) is 4.33. The largest absolute Gasteiger partial charge is 0.268 e. The Morgan fingerprint density at radius 1 is 0.963 bits per heavy atom. The lowest BCUT2D eigenvalue weighted by Crippen LogP contribution is -2.32. The van der Waals surface area contributed by atoms with Gasteiger partial charge in [-0.2, -0.15) is 5.10 Å². The summed E-state index contributed by atoms with van der Waals surface area (Å²) in [6.07, 6.45) is 0. The van der Waals surface area contributed by atoms with Gasteiger partial charge in [0.1, 0.15) is 0 Å². The number of rotatable bonds is 6. The molecule has 0 aliphatic rings. The highest BCUT2D eigenvalue weighted by atomic mass is 32.2. The van der Waals surface area contributed by atoms with Crippen LogP contribution in [0.25, 0.3) is 11.3 Å². The Labute approximate surface area is 158 Å². The van der Waals surface area contributed by atoms with Crippen molar-refractivity contribution in [2.45, 2.75) is 25.3 Å². The third-order valence-electron chi connectivity index (χ3n) is 4.34. The van der Waals surface area contributed by atoms with Crippen molar-refractivity contribution < 1.29 is 8.42 Å². The van der Waals surface area contributed by atoms with E-state index in [1.165, 1.54) is 10.7 Å². The van der Waals surface area contributed by atoms with Crippen molar-refractivity contribution in [3.05, 3.63) is 82.1 Å². The maximum absolute atomic E-state index is 12.4. The number of benzene rings is 2. The van der Waals surface area contributed by atoms with Crippen LogP contribution in [-0.4, -0.2) is 24.7 Å². The molecule has 27 heavy (non-hydrogen) atoms. The van der Waals surface area contributed by atoms with E-state index in [0.717, 1.165) is 16.7 Å². The quantitative estimate of drug-likeness (QED) is 0.709. The monoisotopic (exact) mass is 383 g/mol. The van der Waals surface area contributed by atoms with Crippen LogP contribution in [0.1, 0.15) is 11.1 Å². The standard InChI is InChI=1S/C20H21N3O3S/c1-15-8-9-18(14-16(15)2)27(25,26)21-12-13-23-20(24)11-10-19(22-23)17-6-4-3-5-7-17/h3-11,14,21H,12-13H2,1-2H3. The first-order valence-corrected chi connectivity index (χ1v) is 10.1. The van der Waals surface area contributed by atoms with Crippen LogP contribution in [0, 0.1) is 13.8 Å². The minimum Gasteiger partial charge on any atom is -0.268 e. The summed E-state index contributed by atoms with van der Waals surface area (Å²) in [7, 11) is -3.64. The molecule has 7 heteroatoms. The van der Waals surface area contributed by atoms with E-state index in [1.807, 2.05) is 44.2 Å². The maximum atomic E-state index is 12.4. The van der Waals surface area contributed by atoms with Crippen LogP contribution in [0.2, 0.25) is 0 Å². The van der Waals surface area contributed by atoms with E-state index in [2.05, 4.69) is 9.82 Å². The fraction of sp³-hybridized carbons (Fsp3) is 0.200. The normalized spacial score (nSPS) is 11.5. The Morgan fingerprint density at radius 2 is 1.70 bits per heavy atom. The van der Waals surface area contributed by atoms with Crippen LogP contribution < -0.4 is 10.3 Å². The summed E-state index contributed by atoms with van der Waals surface area (Å²) < 4.78 is 28.7. The van der Waals surface area contributed by atoms with Crippen molar-refractivity contribution >= 4 is 10.0 Å². The van der Waals surface area contributed by atoms with Crippen LogP contribution in [0.5, 0.6) is 0 Å². The molecule has 0 saturated carbocycles. The molecular formula is C20H21N3O3S. The Kier molecular flexibility index (Phi) is 5.53. The first-order valence-electron chi connectivity index (χ1n) is 8.57. The molecule has 0 fully saturated rings. The lowest BCUT2D eigenvalue weighted by Gasteiger charge is -2.10. The van der Waals surface area contributed by atoms with Crippen LogP contribution in [-0.2, 0) is 16.6 Å². The summed E-state index contributed by atoms with van der Waals surface area (Å²) in [5.41, 5.74) is 3.21. The maximum Gasteiger partial charge on any atom is 0.266 e. The van der Waals surface area contributed by atoms with E-state index in [-0.39, 0.29) is 23.5 Å². The number of hydrogen-bond donors (Lipinski definition) is 1. The molecule has 3 rings (SSSR count). The van der Waals surface area contributed by atoms with Crippen LogP contribution in [0.4, 0.5) is 0 Å². The van der Waals surface area contributed by atoms with E-state index < -0.39 is 10.0 Å². The molecule has 1 N–H and O–H groups in total. The highest BCUT2D eigenvalue weighted by Crippen LogP contribution is 2.15. The summed E-state index contributed by atoms with van der Waals surface area (Å²) in [4.78, 5) is 12.2. The van der Waals surface area contributed by atoms with Crippen molar-refractivity contribution in [3.8, 4) is 11.3 Å². The summed E-state index contributed by atoms with van der Waals surface area (Å²) in [6, 6.07) is 17.6. The molecule has 0 radical (unpaired) electrons. The number of nitrogens with zero attached hydrogens (tertiary/aromatic N) is 2. The number of aryl methyl sites for hydroxylation is 2. The Hall–Kier alpha value is -2.77. The van der Waals surface area contributed by atoms with Crippen molar-refractivity contribution in [1.82, 2.24) is 14.5 Å². The summed E-state index contributed by atoms with van der Waals surface area (Å²) in [6.45, 7) is 4.01. The number of hydrogen-bond acceptors (Lipinski definition) is 4. The first kappa shape index (κ1) is 19.0. The Balaban J connectivity index is 1.73. The van der Waals surface area contributed by atoms with Gasteiger partial charge in [0.25, 0.3) is 5.56 Å². The molecule has 0 aliphatic heterocycles. The zero-order valence-electron chi connectivity index (χ0n) is 15.2. The fourth-order valence-electron chi connectivity index (χ4n) is 2.62. The molecule has 0 saturated heterocycles. The molecule has 1 aromatic heterocycles. The van der Waals surface area contributed by atoms with Gasteiger partial charge >= 0.3 is 0 Å².